The van der Waals surface area contributed by atoms with Gasteiger partial charge in [0.1, 0.15) is 0 Å². The zero-order valence-corrected chi connectivity index (χ0v) is 16.3. The molecule has 0 saturated carbocycles. The van der Waals surface area contributed by atoms with Crippen molar-refractivity contribution in [3.05, 3.63) is 34.3 Å². The lowest BCUT2D eigenvalue weighted by Crippen LogP contribution is -2.52. The Bertz CT molecular complexity index is 497. The summed E-state index contributed by atoms with van der Waals surface area (Å²) in [6, 6.07) is 8.33. The SMILES string of the molecule is CCC(CC)C(CNC(=O)Cc1ccc(Br)cc1)N1CCOCC1. The predicted molar refractivity (Wildman–Crippen MR) is 101 cm³/mol. The van der Waals surface area contributed by atoms with Crippen molar-refractivity contribution in [1.82, 2.24) is 10.2 Å². The Labute approximate surface area is 154 Å². The van der Waals surface area contributed by atoms with Crippen LogP contribution in [0.3, 0.4) is 0 Å². The number of ether oxygens (including phenoxy) is 1. The minimum Gasteiger partial charge on any atom is -0.379 e. The fourth-order valence-electron chi connectivity index (χ4n) is 3.40. The van der Waals surface area contributed by atoms with Crippen molar-refractivity contribution in [2.24, 2.45) is 5.92 Å². The van der Waals surface area contributed by atoms with E-state index in [2.05, 4.69) is 40.0 Å². The molecule has 0 radical (unpaired) electrons. The number of morpholine rings is 1. The molecule has 1 aliphatic heterocycles. The van der Waals surface area contributed by atoms with Gasteiger partial charge in [-0.25, -0.2) is 0 Å². The minimum atomic E-state index is 0.0986. The Balaban J connectivity index is 1.90. The van der Waals surface area contributed by atoms with Gasteiger partial charge in [0.2, 0.25) is 5.91 Å². The maximum atomic E-state index is 12.3. The third-order valence-corrected chi connectivity index (χ3v) is 5.42. The molecular weight excluding hydrogens is 368 g/mol. The number of nitrogens with one attached hydrogen (secondary N) is 1. The van der Waals surface area contributed by atoms with Gasteiger partial charge < -0.3 is 10.1 Å². The Morgan fingerprint density at radius 2 is 1.83 bits per heavy atom. The molecule has 0 aliphatic carbocycles. The molecule has 2 rings (SSSR count). The predicted octanol–water partition coefficient (Wildman–Crippen LogP) is 3.24. The topological polar surface area (TPSA) is 41.6 Å². The van der Waals surface area contributed by atoms with Crippen LogP contribution in [0.4, 0.5) is 0 Å². The fourth-order valence-corrected chi connectivity index (χ4v) is 3.67. The molecule has 1 aromatic carbocycles. The van der Waals surface area contributed by atoms with Gasteiger partial charge in [0, 0.05) is 30.1 Å². The number of nitrogens with zero attached hydrogens (tertiary/aromatic N) is 1. The normalized spacial score (nSPS) is 17.0. The van der Waals surface area contributed by atoms with Gasteiger partial charge in [0.05, 0.1) is 19.6 Å². The van der Waals surface area contributed by atoms with Crippen LogP contribution < -0.4 is 5.32 Å². The van der Waals surface area contributed by atoms with E-state index in [1.165, 1.54) is 0 Å². The number of amides is 1. The van der Waals surface area contributed by atoms with Crippen LogP contribution in [0.2, 0.25) is 0 Å². The smallest absolute Gasteiger partial charge is 0.224 e. The van der Waals surface area contributed by atoms with Crippen molar-refractivity contribution in [2.45, 2.75) is 39.2 Å². The summed E-state index contributed by atoms with van der Waals surface area (Å²) in [5, 5.41) is 3.16. The number of hydrogen-bond donors (Lipinski definition) is 1. The first-order valence-corrected chi connectivity index (χ1v) is 9.76. The average Bonchev–Trinajstić information content (AvgIpc) is 2.61. The second-order valence-electron chi connectivity index (χ2n) is 6.40. The number of hydrogen-bond acceptors (Lipinski definition) is 3. The van der Waals surface area contributed by atoms with Crippen molar-refractivity contribution in [1.29, 1.82) is 0 Å². The first kappa shape index (κ1) is 19.4. The van der Waals surface area contributed by atoms with Crippen molar-refractivity contribution in [3.63, 3.8) is 0 Å². The molecule has 1 amide bonds. The lowest BCUT2D eigenvalue weighted by Gasteiger charge is -2.38. The van der Waals surface area contributed by atoms with Crippen LogP contribution in [0, 0.1) is 5.92 Å². The van der Waals surface area contributed by atoms with E-state index in [-0.39, 0.29) is 5.91 Å². The van der Waals surface area contributed by atoms with E-state index in [4.69, 9.17) is 4.74 Å². The lowest BCUT2D eigenvalue weighted by atomic mass is 9.92. The first-order chi connectivity index (χ1) is 11.6. The second kappa shape index (κ2) is 10.2. The van der Waals surface area contributed by atoms with E-state index >= 15 is 0 Å². The Kier molecular flexibility index (Phi) is 8.22. The fraction of sp³-hybridized carbons (Fsp3) is 0.632. The highest BCUT2D eigenvalue weighted by atomic mass is 79.9. The molecule has 1 unspecified atom stereocenters. The van der Waals surface area contributed by atoms with Crippen molar-refractivity contribution in [3.8, 4) is 0 Å². The van der Waals surface area contributed by atoms with Crippen LogP contribution in [0.5, 0.6) is 0 Å². The highest BCUT2D eigenvalue weighted by Gasteiger charge is 2.27. The Hall–Kier alpha value is -0.910. The average molecular weight is 397 g/mol. The second-order valence-corrected chi connectivity index (χ2v) is 7.32. The van der Waals surface area contributed by atoms with Crippen molar-refractivity contribution < 1.29 is 9.53 Å². The third kappa shape index (κ3) is 5.87. The molecule has 5 heteroatoms. The summed E-state index contributed by atoms with van der Waals surface area (Å²) in [4.78, 5) is 14.8. The Morgan fingerprint density at radius 1 is 1.21 bits per heavy atom. The highest BCUT2D eigenvalue weighted by molar-refractivity contribution is 9.10. The monoisotopic (exact) mass is 396 g/mol. The molecule has 1 heterocycles. The lowest BCUT2D eigenvalue weighted by molar-refractivity contribution is -0.120. The maximum Gasteiger partial charge on any atom is 0.224 e. The molecular formula is C19H29BrN2O2. The van der Waals surface area contributed by atoms with E-state index in [0.29, 0.717) is 18.4 Å². The molecule has 0 aromatic heterocycles. The number of halogens is 1. The summed E-state index contributed by atoms with van der Waals surface area (Å²) < 4.78 is 6.51. The van der Waals surface area contributed by atoms with Gasteiger partial charge >= 0.3 is 0 Å². The summed E-state index contributed by atoms with van der Waals surface area (Å²) in [5.74, 6) is 0.706. The van der Waals surface area contributed by atoms with Gasteiger partial charge in [0.25, 0.3) is 0 Å². The molecule has 0 bridgehead atoms. The number of benzene rings is 1. The van der Waals surface area contributed by atoms with E-state index in [9.17, 15) is 4.79 Å². The molecule has 1 aliphatic rings. The maximum absolute atomic E-state index is 12.3. The van der Waals surface area contributed by atoms with Gasteiger partial charge in [-0.05, 0) is 23.6 Å². The highest BCUT2D eigenvalue weighted by Crippen LogP contribution is 2.19. The summed E-state index contributed by atoms with van der Waals surface area (Å²) >= 11 is 3.42. The van der Waals surface area contributed by atoms with Crippen LogP contribution >= 0.6 is 15.9 Å². The van der Waals surface area contributed by atoms with E-state index in [1.807, 2.05) is 24.3 Å². The van der Waals surface area contributed by atoms with Gasteiger partial charge in [-0.2, -0.15) is 0 Å². The quantitative estimate of drug-likeness (QED) is 0.732. The molecule has 1 saturated heterocycles. The molecule has 1 N–H and O–H groups in total. The minimum absolute atomic E-state index is 0.0986. The molecule has 24 heavy (non-hydrogen) atoms. The van der Waals surface area contributed by atoms with Crippen LogP contribution in [0.15, 0.2) is 28.7 Å². The van der Waals surface area contributed by atoms with Gasteiger partial charge in [0.15, 0.2) is 0 Å². The zero-order valence-electron chi connectivity index (χ0n) is 14.8. The molecule has 0 spiro atoms. The van der Waals surface area contributed by atoms with Crippen molar-refractivity contribution >= 4 is 21.8 Å². The molecule has 4 nitrogen and oxygen atoms in total. The first-order valence-electron chi connectivity index (χ1n) is 8.97. The molecule has 1 aromatic rings. The molecule has 1 atom stereocenters. The number of rotatable bonds is 8. The van der Waals surface area contributed by atoms with Crippen molar-refractivity contribution in [2.75, 3.05) is 32.8 Å². The van der Waals surface area contributed by atoms with Crippen LogP contribution in [0.1, 0.15) is 32.3 Å². The summed E-state index contributed by atoms with van der Waals surface area (Å²) in [6.45, 7) is 8.72. The van der Waals surface area contributed by atoms with Gasteiger partial charge in [-0.1, -0.05) is 54.8 Å². The van der Waals surface area contributed by atoms with Crippen LogP contribution in [-0.4, -0.2) is 49.7 Å². The number of carbonyl (C=O) groups excluding carboxylic acids is 1. The Morgan fingerprint density at radius 3 is 2.42 bits per heavy atom. The molecule has 134 valence electrons. The van der Waals surface area contributed by atoms with E-state index < -0.39 is 0 Å². The number of carbonyl (C=O) groups is 1. The van der Waals surface area contributed by atoms with Gasteiger partial charge in [-0.15, -0.1) is 0 Å². The summed E-state index contributed by atoms with van der Waals surface area (Å²) in [5.41, 5.74) is 1.04. The van der Waals surface area contributed by atoms with E-state index in [0.717, 1.165) is 55.7 Å². The van der Waals surface area contributed by atoms with Gasteiger partial charge in [-0.3, -0.25) is 9.69 Å². The molecule has 1 fully saturated rings. The summed E-state index contributed by atoms with van der Waals surface area (Å²) in [6.07, 6.45) is 2.72. The third-order valence-electron chi connectivity index (χ3n) is 4.89. The van der Waals surface area contributed by atoms with Crippen LogP contribution in [0.25, 0.3) is 0 Å². The largest absolute Gasteiger partial charge is 0.379 e. The zero-order chi connectivity index (χ0) is 17.4. The van der Waals surface area contributed by atoms with Crippen LogP contribution in [-0.2, 0) is 16.0 Å². The van der Waals surface area contributed by atoms with E-state index in [1.54, 1.807) is 0 Å². The standard InChI is InChI=1S/C19H29BrN2O2/c1-3-16(4-2)18(22-9-11-24-12-10-22)14-21-19(23)13-15-5-7-17(20)8-6-15/h5-8,16,18H,3-4,9-14H2,1-2H3,(H,21,23). The summed E-state index contributed by atoms with van der Waals surface area (Å²) in [7, 11) is 0.